The van der Waals surface area contributed by atoms with Gasteiger partial charge in [-0.05, 0) is 19.9 Å². The third kappa shape index (κ3) is 4.62. The summed E-state index contributed by atoms with van der Waals surface area (Å²) in [6, 6.07) is 0. The van der Waals surface area contributed by atoms with Crippen LogP contribution >= 0.6 is 0 Å². The van der Waals surface area contributed by atoms with Crippen molar-refractivity contribution in [2.24, 2.45) is 5.92 Å². The highest BCUT2D eigenvalue weighted by Crippen LogP contribution is 2.18. The highest BCUT2D eigenvalue weighted by atomic mass is 32.2. The summed E-state index contributed by atoms with van der Waals surface area (Å²) < 4.78 is 33.7. The van der Waals surface area contributed by atoms with Crippen LogP contribution in [0.3, 0.4) is 0 Å². The predicted octanol–water partition coefficient (Wildman–Crippen LogP) is -1.05. The molecule has 2 atom stereocenters. The van der Waals surface area contributed by atoms with Gasteiger partial charge in [0, 0.05) is 32.7 Å². The van der Waals surface area contributed by atoms with E-state index in [-0.39, 0.29) is 19.2 Å². The number of ether oxygens (including phenoxy) is 1. The molecule has 0 aromatic rings. The lowest BCUT2D eigenvalue weighted by Gasteiger charge is -2.32. The minimum Gasteiger partial charge on any atom is -0.481 e. The monoisotopic (exact) mass is 321 g/mol. The van der Waals surface area contributed by atoms with Gasteiger partial charge in [0.1, 0.15) is 0 Å². The maximum Gasteiger partial charge on any atom is 0.307 e. The molecular formula is C12H23N3O5S. The Balaban J connectivity index is 1.87. The lowest BCUT2D eigenvalue weighted by molar-refractivity contribution is -0.142. The topological polar surface area (TPSA) is 99.2 Å². The fourth-order valence-electron chi connectivity index (χ4n) is 2.64. The number of hydrogen-bond donors (Lipinski definition) is 2. The SMILES string of the molecule is CN1CCOC(CNS(=O)(=O)N2CCCC(C(=O)O)C2)C1. The van der Waals surface area contributed by atoms with Gasteiger partial charge in [0.05, 0.1) is 18.6 Å². The van der Waals surface area contributed by atoms with E-state index in [1.54, 1.807) is 0 Å². The molecule has 2 rings (SSSR count). The van der Waals surface area contributed by atoms with Gasteiger partial charge in [0.25, 0.3) is 10.2 Å². The van der Waals surface area contributed by atoms with Crippen LogP contribution in [-0.2, 0) is 19.7 Å². The van der Waals surface area contributed by atoms with Crippen LogP contribution in [0.25, 0.3) is 0 Å². The second kappa shape index (κ2) is 7.01. The van der Waals surface area contributed by atoms with Crippen molar-refractivity contribution in [1.82, 2.24) is 13.9 Å². The van der Waals surface area contributed by atoms with Crippen molar-refractivity contribution in [2.45, 2.75) is 18.9 Å². The van der Waals surface area contributed by atoms with Gasteiger partial charge in [-0.25, -0.2) is 0 Å². The van der Waals surface area contributed by atoms with Crippen LogP contribution in [0.4, 0.5) is 0 Å². The number of morpholine rings is 1. The van der Waals surface area contributed by atoms with Crippen molar-refractivity contribution in [3.8, 4) is 0 Å². The number of hydrogen-bond acceptors (Lipinski definition) is 5. The average molecular weight is 321 g/mol. The van der Waals surface area contributed by atoms with E-state index >= 15 is 0 Å². The number of nitrogens with one attached hydrogen (secondary N) is 1. The Labute approximate surface area is 125 Å². The summed E-state index contributed by atoms with van der Waals surface area (Å²) in [5, 5.41) is 9.02. The van der Waals surface area contributed by atoms with Crippen molar-refractivity contribution in [3.05, 3.63) is 0 Å². The number of nitrogens with zero attached hydrogens (tertiary/aromatic N) is 2. The first kappa shape index (κ1) is 16.6. The molecule has 9 heteroatoms. The van der Waals surface area contributed by atoms with Gasteiger partial charge in [0.2, 0.25) is 0 Å². The van der Waals surface area contributed by atoms with Crippen molar-refractivity contribution < 1.29 is 23.1 Å². The lowest BCUT2D eigenvalue weighted by Crippen LogP contribution is -2.51. The van der Waals surface area contributed by atoms with Crippen LogP contribution in [0.1, 0.15) is 12.8 Å². The fourth-order valence-corrected chi connectivity index (χ4v) is 3.97. The molecule has 2 fully saturated rings. The highest BCUT2D eigenvalue weighted by Gasteiger charge is 2.32. The van der Waals surface area contributed by atoms with Gasteiger partial charge in [0.15, 0.2) is 0 Å². The van der Waals surface area contributed by atoms with Crippen LogP contribution in [0, 0.1) is 5.92 Å². The van der Waals surface area contributed by atoms with E-state index in [4.69, 9.17) is 9.84 Å². The molecule has 2 aliphatic rings. The molecular weight excluding hydrogens is 298 g/mol. The first-order chi connectivity index (χ1) is 9.88. The summed E-state index contributed by atoms with van der Waals surface area (Å²) in [5.41, 5.74) is 0. The molecule has 0 saturated carbocycles. The fraction of sp³-hybridized carbons (Fsp3) is 0.917. The van der Waals surface area contributed by atoms with E-state index in [9.17, 15) is 13.2 Å². The Morgan fingerprint density at radius 2 is 2.14 bits per heavy atom. The Morgan fingerprint density at radius 1 is 1.38 bits per heavy atom. The number of rotatable bonds is 5. The van der Waals surface area contributed by atoms with E-state index in [0.29, 0.717) is 32.5 Å². The molecule has 0 aromatic carbocycles. The number of carboxylic acid groups (broad SMARTS) is 1. The number of piperidine rings is 1. The first-order valence-corrected chi connectivity index (χ1v) is 8.60. The molecule has 2 unspecified atom stereocenters. The van der Waals surface area contributed by atoms with Crippen molar-refractivity contribution in [3.63, 3.8) is 0 Å². The van der Waals surface area contributed by atoms with Crippen LogP contribution in [-0.4, -0.2) is 81.2 Å². The molecule has 122 valence electrons. The summed E-state index contributed by atoms with van der Waals surface area (Å²) in [7, 11) is -1.68. The van der Waals surface area contributed by atoms with Gasteiger partial charge in [-0.3, -0.25) is 4.79 Å². The number of likely N-dealkylation sites (N-methyl/N-ethyl adjacent to an activating group) is 1. The van der Waals surface area contributed by atoms with Gasteiger partial charge in [-0.15, -0.1) is 0 Å². The molecule has 2 aliphatic heterocycles. The van der Waals surface area contributed by atoms with Gasteiger partial charge < -0.3 is 14.7 Å². The number of carboxylic acids is 1. The summed E-state index contributed by atoms with van der Waals surface area (Å²) in [6.45, 7) is 2.73. The maximum absolute atomic E-state index is 12.2. The average Bonchev–Trinajstić information content (AvgIpc) is 2.45. The van der Waals surface area contributed by atoms with E-state index in [1.165, 1.54) is 4.31 Å². The largest absolute Gasteiger partial charge is 0.481 e. The van der Waals surface area contributed by atoms with Crippen molar-refractivity contribution >= 4 is 16.2 Å². The van der Waals surface area contributed by atoms with E-state index in [1.807, 2.05) is 7.05 Å². The van der Waals surface area contributed by atoms with Gasteiger partial charge in [-0.1, -0.05) is 0 Å². The zero-order valence-electron chi connectivity index (χ0n) is 12.2. The number of aliphatic carboxylic acids is 1. The van der Waals surface area contributed by atoms with Gasteiger partial charge >= 0.3 is 5.97 Å². The molecule has 21 heavy (non-hydrogen) atoms. The Kier molecular flexibility index (Phi) is 5.55. The second-order valence-electron chi connectivity index (χ2n) is 5.64. The maximum atomic E-state index is 12.2. The molecule has 0 aliphatic carbocycles. The number of carbonyl (C=O) groups is 1. The van der Waals surface area contributed by atoms with Crippen molar-refractivity contribution in [2.75, 3.05) is 46.4 Å². The molecule has 2 heterocycles. The molecule has 2 N–H and O–H groups in total. The van der Waals surface area contributed by atoms with Gasteiger partial charge in [-0.2, -0.15) is 17.4 Å². The lowest BCUT2D eigenvalue weighted by atomic mass is 10.0. The Morgan fingerprint density at radius 3 is 2.81 bits per heavy atom. The molecule has 0 bridgehead atoms. The normalized spacial score (nSPS) is 29.4. The first-order valence-electron chi connectivity index (χ1n) is 7.16. The molecule has 2 saturated heterocycles. The summed E-state index contributed by atoms with van der Waals surface area (Å²) in [4.78, 5) is 13.1. The molecule has 0 amide bonds. The molecule has 0 radical (unpaired) electrons. The van der Waals surface area contributed by atoms with Crippen LogP contribution in [0.15, 0.2) is 0 Å². The summed E-state index contributed by atoms with van der Waals surface area (Å²) >= 11 is 0. The van der Waals surface area contributed by atoms with Crippen LogP contribution in [0.2, 0.25) is 0 Å². The molecule has 8 nitrogen and oxygen atoms in total. The van der Waals surface area contributed by atoms with Crippen LogP contribution < -0.4 is 4.72 Å². The summed E-state index contributed by atoms with van der Waals surface area (Å²) in [6.07, 6.45) is 0.928. The molecule has 0 spiro atoms. The van der Waals surface area contributed by atoms with Crippen molar-refractivity contribution in [1.29, 1.82) is 0 Å². The Hall–Kier alpha value is -0.740. The smallest absolute Gasteiger partial charge is 0.307 e. The second-order valence-corrected chi connectivity index (χ2v) is 7.40. The van der Waals surface area contributed by atoms with E-state index in [0.717, 1.165) is 6.54 Å². The standard InChI is InChI=1S/C12H23N3O5S/c1-14-5-6-20-11(9-14)7-13-21(18,19)15-4-2-3-10(8-15)12(16)17/h10-11,13H,2-9H2,1H3,(H,16,17). The minimum absolute atomic E-state index is 0.0378. The predicted molar refractivity (Wildman–Crippen MR) is 76.1 cm³/mol. The van der Waals surface area contributed by atoms with E-state index in [2.05, 4.69) is 9.62 Å². The zero-order valence-corrected chi connectivity index (χ0v) is 13.0. The third-order valence-electron chi connectivity index (χ3n) is 3.91. The quantitative estimate of drug-likeness (QED) is 0.670. The minimum atomic E-state index is -3.65. The highest BCUT2D eigenvalue weighted by molar-refractivity contribution is 7.87. The third-order valence-corrected chi connectivity index (χ3v) is 5.45. The molecule has 0 aromatic heterocycles. The van der Waals surface area contributed by atoms with Crippen LogP contribution in [0.5, 0.6) is 0 Å². The van der Waals surface area contributed by atoms with E-state index < -0.39 is 22.1 Å². The Bertz CT molecular complexity index is 470. The summed E-state index contributed by atoms with van der Waals surface area (Å²) in [5.74, 6) is -1.56. The zero-order chi connectivity index (χ0) is 15.5.